The van der Waals surface area contributed by atoms with Gasteiger partial charge in [-0.1, -0.05) is 19.8 Å². The van der Waals surface area contributed by atoms with Crippen molar-refractivity contribution in [2.75, 3.05) is 32.8 Å². The Balaban J connectivity index is 2.38. The molecule has 0 spiro atoms. The number of ether oxygens (including phenoxy) is 1. The van der Waals surface area contributed by atoms with Crippen LogP contribution < -0.4 is 10.6 Å². The third-order valence-corrected chi connectivity index (χ3v) is 4.24. The molecule has 0 bridgehead atoms. The number of hydrogen-bond acceptors (Lipinski definition) is 3. The number of aliphatic hydroxyl groups is 1. The molecule has 1 saturated carbocycles. The van der Waals surface area contributed by atoms with Crippen LogP contribution in [-0.4, -0.2) is 50.0 Å². The van der Waals surface area contributed by atoms with Crippen LogP contribution in [0.15, 0.2) is 4.99 Å². The van der Waals surface area contributed by atoms with Crippen molar-refractivity contribution in [1.82, 2.24) is 10.6 Å². The maximum atomic E-state index is 9.08. The predicted octanol–water partition coefficient (Wildman–Crippen LogP) is 2.16. The van der Waals surface area contributed by atoms with Crippen LogP contribution >= 0.6 is 0 Å². The Labute approximate surface area is 135 Å². The van der Waals surface area contributed by atoms with Crippen molar-refractivity contribution in [1.29, 1.82) is 0 Å². The van der Waals surface area contributed by atoms with Gasteiger partial charge in [0.15, 0.2) is 5.96 Å². The van der Waals surface area contributed by atoms with Gasteiger partial charge in [0.25, 0.3) is 0 Å². The lowest BCUT2D eigenvalue weighted by Crippen LogP contribution is -2.39. The molecule has 0 aromatic heterocycles. The van der Waals surface area contributed by atoms with E-state index < -0.39 is 0 Å². The Morgan fingerprint density at radius 2 is 2.00 bits per heavy atom. The molecule has 22 heavy (non-hydrogen) atoms. The molecule has 1 fully saturated rings. The molecular weight excluding hydrogens is 278 g/mol. The second kappa shape index (κ2) is 11.7. The summed E-state index contributed by atoms with van der Waals surface area (Å²) in [5, 5.41) is 15.7. The highest BCUT2D eigenvalue weighted by Gasteiger charge is 2.25. The zero-order valence-electron chi connectivity index (χ0n) is 14.6. The Hall–Kier alpha value is -0.810. The zero-order chi connectivity index (χ0) is 16.2. The summed E-state index contributed by atoms with van der Waals surface area (Å²) in [6, 6.07) is 0. The van der Waals surface area contributed by atoms with Crippen molar-refractivity contribution in [3.05, 3.63) is 0 Å². The van der Waals surface area contributed by atoms with Gasteiger partial charge in [-0.2, -0.15) is 0 Å². The molecule has 130 valence electrons. The van der Waals surface area contributed by atoms with E-state index in [0.29, 0.717) is 12.6 Å². The van der Waals surface area contributed by atoms with Crippen molar-refractivity contribution in [3.63, 3.8) is 0 Å². The van der Waals surface area contributed by atoms with Crippen LogP contribution in [0.5, 0.6) is 0 Å². The summed E-state index contributed by atoms with van der Waals surface area (Å²) >= 11 is 0. The fraction of sp³-hybridized carbons (Fsp3) is 0.941. The lowest BCUT2D eigenvalue weighted by Gasteiger charge is -2.24. The van der Waals surface area contributed by atoms with Gasteiger partial charge >= 0.3 is 0 Å². The minimum atomic E-state index is 0.178. The third-order valence-electron chi connectivity index (χ3n) is 4.24. The molecule has 1 aliphatic carbocycles. The van der Waals surface area contributed by atoms with Crippen molar-refractivity contribution >= 4 is 5.96 Å². The lowest BCUT2D eigenvalue weighted by atomic mass is 9.98. The van der Waals surface area contributed by atoms with Crippen molar-refractivity contribution < 1.29 is 9.84 Å². The van der Waals surface area contributed by atoms with Crippen LogP contribution in [0.3, 0.4) is 0 Å². The Bertz CT molecular complexity index is 304. The Morgan fingerprint density at radius 1 is 1.27 bits per heavy atom. The summed E-state index contributed by atoms with van der Waals surface area (Å²) in [5.74, 6) is 1.77. The minimum Gasteiger partial charge on any atom is -0.396 e. The van der Waals surface area contributed by atoms with Gasteiger partial charge in [0.1, 0.15) is 0 Å². The van der Waals surface area contributed by atoms with E-state index in [0.717, 1.165) is 38.0 Å². The minimum absolute atomic E-state index is 0.178. The summed E-state index contributed by atoms with van der Waals surface area (Å²) in [6.45, 7) is 9.48. The second-order valence-electron chi connectivity index (χ2n) is 6.26. The Kier molecular flexibility index (Phi) is 10.2. The summed E-state index contributed by atoms with van der Waals surface area (Å²) in [4.78, 5) is 4.52. The number of nitrogens with zero attached hydrogens (tertiary/aromatic N) is 1. The van der Waals surface area contributed by atoms with Gasteiger partial charge < -0.3 is 20.5 Å². The molecule has 5 heteroatoms. The molecule has 1 aliphatic rings. The predicted molar refractivity (Wildman–Crippen MR) is 92.2 cm³/mol. The van der Waals surface area contributed by atoms with Crippen molar-refractivity contribution in [3.8, 4) is 0 Å². The van der Waals surface area contributed by atoms with Gasteiger partial charge in [-0.3, -0.25) is 4.99 Å². The molecule has 2 atom stereocenters. The zero-order valence-corrected chi connectivity index (χ0v) is 14.6. The van der Waals surface area contributed by atoms with Crippen LogP contribution in [0.1, 0.15) is 52.9 Å². The van der Waals surface area contributed by atoms with Gasteiger partial charge in [-0.05, 0) is 44.9 Å². The molecule has 0 aromatic rings. The third kappa shape index (κ3) is 7.45. The largest absolute Gasteiger partial charge is 0.396 e. The average Bonchev–Trinajstić information content (AvgIpc) is 3.05. The molecule has 3 N–H and O–H groups in total. The summed E-state index contributed by atoms with van der Waals surface area (Å²) in [6.07, 6.45) is 6.73. The first kappa shape index (κ1) is 19.2. The van der Waals surface area contributed by atoms with E-state index in [1.54, 1.807) is 0 Å². The first-order valence-corrected chi connectivity index (χ1v) is 8.95. The fourth-order valence-electron chi connectivity index (χ4n) is 2.98. The van der Waals surface area contributed by atoms with E-state index in [4.69, 9.17) is 9.84 Å². The normalized spacial score (nSPS) is 19.2. The highest BCUT2D eigenvalue weighted by Crippen LogP contribution is 2.30. The molecule has 0 amide bonds. The van der Waals surface area contributed by atoms with E-state index in [-0.39, 0.29) is 12.5 Å². The van der Waals surface area contributed by atoms with Crippen molar-refractivity contribution in [2.24, 2.45) is 16.8 Å². The van der Waals surface area contributed by atoms with E-state index >= 15 is 0 Å². The molecule has 0 radical (unpaired) electrons. The lowest BCUT2D eigenvalue weighted by molar-refractivity contribution is 0.0169. The average molecular weight is 313 g/mol. The highest BCUT2D eigenvalue weighted by molar-refractivity contribution is 5.79. The van der Waals surface area contributed by atoms with Gasteiger partial charge in [0, 0.05) is 32.8 Å². The number of hydrogen-bond donors (Lipinski definition) is 3. The standard InChI is InChI=1S/C17H35N3O2/c1-4-18-17(20-12-14(3)13-21)19-11-10-16(22-5-2)15-8-6-7-9-15/h14-16,21H,4-13H2,1-3H3,(H2,18,19,20). The molecule has 2 unspecified atom stereocenters. The van der Waals surface area contributed by atoms with Gasteiger partial charge in [0.2, 0.25) is 0 Å². The molecule has 0 heterocycles. The molecule has 0 saturated heterocycles. The summed E-state index contributed by atoms with van der Waals surface area (Å²) in [5.41, 5.74) is 0. The van der Waals surface area contributed by atoms with E-state index in [1.165, 1.54) is 25.7 Å². The number of rotatable bonds is 10. The molecule has 1 rings (SSSR count). The number of aliphatic imine (C=N–C) groups is 1. The van der Waals surface area contributed by atoms with Crippen LogP contribution in [0.2, 0.25) is 0 Å². The Morgan fingerprint density at radius 3 is 2.59 bits per heavy atom. The van der Waals surface area contributed by atoms with Gasteiger partial charge in [-0.15, -0.1) is 0 Å². The molecular formula is C17H35N3O2. The quantitative estimate of drug-likeness (QED) is 0.427. The number of nitrogens with one attached hydrogen (secondary N) is 2. The van der Waals surface area contributed by atoms with Crippen LogP contribution in [-0.2, 0) is 4.74 Å². The van der Waals surface area contributed by atoms with Crippen LogP contribution in [0.4, 0.5) is 0 Å². The van der Waals surface area contributed by atoms with Crippen molar-refractivity contribution in [2.45, 2.75) is 59.0 Å². The van der Waals surface area contributed by atoms with E-state index in [9.17, 15) is 0 Å². The SMILES string of the molecule is CCNC(=NCC(C)CO)NCCC(OCC)C1CCCC1. The van der Waals surface area contributed by atoms with Gasteiger partial charge in [0.05, 0.1) is 6.10 Å². The maximum absolute atomic E-state index is 9.08. The van der Waals surface area contributed by atoms with Crippen LogP contribution in [0.25, 0.3) is 0 Å². The first-order chi connectivity index (χ1) is 10.7. The van der Waals surface area contributed by atoms with E-state index in [1.807, 2.05) is 6.92 Å². The first-order valence-electron chi connectivity index (χ1n) is 8.95. The maximum Gasteiger partial charge on any atom is 0.191 e. The number of guanidine groups is 1. The van der Waals surface area contributed by atoms with Crippen LogP contribution in [0, 0.1) is 11.8 Å². The topological polar surface area (TPSA) is 65.9 Å². The molecule has 5 nitrogen and oxygen atoms in total. The molecule has 0 aromatic carbocycles. The summed E-state index contributed by atoms with van der Waals surface area (Å²) < 4.78 is 5.95. The fourth-order valence-corrected chi connectivity index (χ4v) is 2.98. The molecule has 0 aliphatic heterocycles. The monoisotopic (exact) mass is 313 g/mol. The summed E-state index contributed by atoms with van der Waals surface area (Å²) in [7, 11) is 0. The number of aliphatic hydroxyl groups excluding tert-OH is 1. The smallest absolute Gasteiger partial charge is 0.191 e. The highest BCUT2D eigenvalue weighted by atomic mass is 16.5. The van der Waals surface area contributed by atoms with E-state index in [2.05, 4.69) is 29.5 Å². The second-order valence-corrected chi connectivity index (χ2v) is 6.26. The van der Waals surface area contributed by atoms with Gasteiger partial charge in [-0.25, -0.2) is 0 Å².